The number of para-hydroxylation sites is 1. The number of thiophene rings is 1. The van der Waals surface area contributed by atoms with Gasteiger partial charge in [-0.1, -0.05) is 12.1 Å². The first-order chi connectivity index (χ1) is 15.4. The fourth-order valence-corrected chi connectivity index (χ4v) is 4.79. The van der Waals surface area contributed by atoms with Crippen LogP contribution in [0.4, 0.5) is 5.69 Å². The average molecular weight is 455 g/mol. The molecule has 1 aromatic carbocycles. The monoisotopic (exact) mass is 454 g/mol. The first-order valence-electron chi connectivity index (χ1n) is 10.2. The highest BCUT2D eigenvalue weighted by molar-refractivity contribution is 7.20. The number of rotatable bonds is 5. The second kappa shape index (κ2) is 8.91. The number of benzene rings is 1. The summed E-state index contributed by atoms with van der Waals surface area (Å²) < 4.78 is 6.05. The van der Waals surface area contributed by atoms with E-state index in [1.165, 1.54) is 18.0 Å². The lowest BCUT2D eigenvalue weighted by Gasteiger charge is -2.15. The standard InChI is InChI=1S/C22H22N4O5S/c1-13-17-20(23-12-26(21(17)29)11-16(27)25-9-5-6-10-25)32-18(13)19(28)24-15-8-4-3-7-14(15)22(30)31-2/h3-4,7-8,12H,5-6,9-11H2,1-2H3,(H,24,28). The van der Waals surface area contributed by atoms with Gasteiger partial charge in [0.1, 0.15) is 11.4 Å². The Morgan fingerprint density at radius 3 is 2.62 bits per heavy atom. The minimum atomic E-state index is -0.568. The largest absolute Gasteiger partial charge is 0.465 e. The first-order valence-corrected chi connectivity index (χ1v) is 11.0. The van der Waals surface area contributed by atoms with Crippen molar-refractivity contribution in [3.05, 3.63) is 57.0 Å². The smallest absolute Gasteiger partial charge is 0.339 e. The minimum absolute atomic E-state index is 0.0783. The lowest BCUT2D eigenvalue weighted by Crippen LogP contribution is -2.34. The summed E-state index contributed by atoms with van der Waals surface area (Å²) in [5, 5.41) is 3.04. The third-order valence-electron chi connectivity index (χ3n) is 5.47. The summed E-state index contributed by atoms with van der Waals surface area (Å²) in [7, 11) is 1.27. The highest BCUT2D eigenvalue weighted by Gasteiger charge is 2.23. The van der Waals surface area contributed by atoms with Crippen molar-refractivity contribution in [2.45, 2.75) is 26.3 Å². The molecule has 0 radical (unpaired) electrons. The zero-order chi connectivity index (χ0) is 22.8. The molecule has 0 bridgehead atoms. The van der Waals surface area contributed by atoms with Gasteiger partial charge in [-0.3, -0.25) is 19.0 Å². The average Bonchev–Trinajstić information content (AvgIpc) is 3.44. The number of likely N-dealkylation sites (tertiary alicyclic amines) is 1. The van der Waals surface area contributed by atoms with E-state index in [1.807, 2.05) is 0 Å². The van der Waals surface area contributed by atoms with Crippen LogP contribution in [0.1, 0.15) is 38.4 Å². The van der Waals surface area contributed by atoms with Gasteiger partial charge in [-0.15, -0.1) is 11.3 Å². The Labute approximate surface area is 187 Å². The van der Waals surface area contributed by atoms with Crippen molar-refractivity contribution >= 4 is 45.0 Å². The topological polar surface area (TPSA) is 111 Å². The van der Waals surface area contributed by atoms with Crippen molar-refractivity contribution in [3.63, 3.8) is 0 Å². The Morgan fingerprint density at radius 1 is 1.19 bits per heavy atom. The number of hydrogen-bond acceptors (Lipinski definition) is 7. The van der Waals surface area contributed by atoms with Crippen LogP contribution in [0.25, 0.3) is 10.2 Å². The lowest BCUT2D eigenvalue weighted by atomic mass is 10.1. The molecule has 0 unspecified atom stereocenters. The Balaban J connectivity index is 1.63. The third-order valence-corrected chi connectivity index (χ3v) is 6.67. The molecule has 4 rings (SSSR count). The van der Waals surface area contributed by atoms with Gasteiger partial charge in [-0.05, 0) is 37.5 Å². The second-order valence-corrected chi connectivity index (χ2v) is 8.49. The summed E-state index contributed by atoms with van der Waals surface area (Å²) in [4.78, 5) is 57.2. The molecule has 3 aromatic rings. The van der Waals surface area contributed by atoms with Crippen LogP contribution >= 0.6 is 11.3 Å². The van der Waals surface area contributed by atoms with Gasteiger partial charge in [0.2, 0.25) is 5.91 Å². The molecule has 2 amide bonds. The van der Waals surface area contributed by atoms with Crippen molar-refractivity contribution in [1.82, 2.24) is 14.5 Å². The minimum Gasteiger partial charge on any atom is -0.465 e. The van der Waals surface area contributed by atoms with E-state index in [2.05, 4.69) is 10.3 Å². The molecule has 32 heavy (non-hydrogen) atoms. The Bertz CT molecular complexity index is 1270. The molecule has 9 nitrogen and oxygen atoms in total. The predicted octanol–water partition coefficient (Wildman–Crippen LogP) is 2.43. The van der Waals surface area contributed by atoms with E-state index in [9.17, 15) is 19.2 Å². The van der Waals surface area contributed by atoms with E-state index in [0.717, 1.165) is 24.2 Å². The Hall–Kier alpha value is -3.53. The maximum absolute atomic E-state index is 13.0. The number of methoxy groups -OCH3 is 1. The highest BCUT2D eigenvalue weighted by atomic mass is 32.1. The third kappa shape index (κ3) is 4.01. The number of aromatic nitrogens is 2. The second-order valence-electron chi connectivity index (χ2n) is 7.49. The van der Waals surface area contributed by atoms with E-state index in [1.54, 1.807) is 36.1 Å². The van der Waals surface area contributed by atoms with Gasteiger partial charge in [0, 0.05) is 13.1 Å². The normalized spacial score (nSPS) is 13.4. The number of anilines is 1. The molecule has 2 aromatic heterocycles. The number of ether oxygens (including phenoxy) is 1. The predicted molar refractivity (Wildman–Crippen MR) is 120 cm³/mol. The van der Waals surface area contributed by atoms with Gasteiger partial charge >= 0.3 is 5.97 Å². The quantitative estimate of drug-likeness (QED) is 0.593. The molecule has 0 spiro atoms. The number of hydrogen-bond donors (Lipinski definition) is 1. The van der Waals surface area contributed by atoms with Crippen LogP contribution < -0.4 is 10.9 Å². The lowest BCUT2D eigenvalue weighted by molar-refractivity contribution is -0.130. The SMILES string of the molecule is COC(=O)c1ccccc1NC(=O)c1sc2ncn(CC(=O)N3CCCC3)c(=O)c2c1C. The number of amides is 2. The van der Waals surface area contributed by atoms with E-state index in [-0.39, 0.29) is 23.6 Å². The number of carbonyl (C=O) groups is 3. The molecule has 1 fully saturated rings. The van der Waals surface area contributed by atoms with Crippen molar-refractivity contribution in [2.75, 3.05) is 25.5 Å². The summed E-state index contributed by atoms with van der Waals surface area (Å²) >= 11 is 1.09. The molecule has 1 aliphatic rings. The zero-order valence-corrected chi connectivity index (χ0v) is 18.5. The van der Waals surface area contributed by atoms with Crippen molar-refractivity contribution in [2.24, 2.45) is 0 Å². The van der Waals surface area contributed by atoms with Crippen LogP contribution in [0.3, 0.4) is 0 Å². The first kappa shape index (κ1) is 21.7. The van der Waals surface area contributed by atoms with E-state index < -0.39 is 11.9 Å². The molecular formula is C22H22N4O5S. The molecule has 0 saturated carbocycles. The van der Waals surface area contributed by atoms with Crippen LogP contribution in [-0.2, 0) is 16.1 Å². The molecule has 10 heteroatoms. The summed E-state index contributed by atoms with van der Waals surface area (Å²) in [6, 6.07) is 6.51. The molecule has 166 valence electrons. The van der Waals surface area contributed by atoms with Gasteiger partial charge in [-0.2, -0.15) is 0 Å². The fourth-order valence-electron chi connectivity index (χ4n) is 3.76. The number of carbonyl (C=O) groups excluding carboxylic acids is 3. The number of nitrogens with zero attached hydrogens (tertiary/aromatic N) is 3. The summed E-state index contributed by atoms with van der Waals surface area (Å²) in [6.07, 6.45) is 3.29. The molecule has 3 heterocycles. The molecule has 0 aliphatic carbocycles. The summed E-state index contributed by atoms with van der Waals surface area (Å²) in [5.41, 5.74) is 0.662. The molecule has 1 saturated heterocycles. The highest BCUT2D eigenvalue weighted by Crippen LogP contribution is 2.28. The summed E-state index contributed by atoms with van der Waals surface area (Å²) in [5.74, 6) is -1.14. The van der Waals surface area contributed by atoms with Crippen LogP contribution in [0.2, 0.25) is 0 Å². The number of fused-ring (bicyclic) bond motifs is 1. The Morgan fingerprint density at radius 2 is 1.91 bits per heavy atom. The maximum atomic E-state index is 13.0. The number of esters is 1. The van der Waals surface area contributed by atoms with Gasteiger partial charge < -0.3 is 15.0 Å². The molecule has 1 N–H and O–H groups in total. The van der Waals surface area contributed by atoms with Crippen molar-refractivity contribution in [3.8, 4) is 0 Å². The molecular weight excluding hydrogens is 432 g/mol. The number of aryl methyl sites for hydroxylation is 1. The number of nitrogens with one attached hydrogen (secondary N) is 1. The summed E-state index contributed by atoms with van der Waals surface area (Å²) in [6.45, 7) is 3.01. The van der Waals surface area contributed by atoms with Gasteiger partial charge in [0.25, 0.3) is 11.5 Å². The molecule has 0 atom stereocenters. The zero-order valence-electron chi connectivity index (χ0n) is 17.7. The van der Waals surface area contributed by atoms with Gasteiger partial charge in [0.05, 0.1) is 35.0 Å². The maximum Gasteiger partial charge on any atom is 0.339 e. The van der Waals surface area contributed by atoms with Crippen molar-refractivity contribution in [1.29, 1.82) is 0 Å². The van der Waals surface area contributed by atoms with Crippen LogP contribution in [0.5, 0.6) is 0 Å². The van der Waals surface area contributed by atoms with Crippen LogP contribution in [0.15, 0.2) is 35.4 Å². The van der Waals surface area contributed by atoms with Gasteiger partial charge in [0.15, 0.2) is 0 Å². The van der Waals surface area contributed by atoms with E-state index >= 15 is 0 Å². The van der Waals surface area contributed by atoms with E-state index in [0.29, 0.717) is 39.4 Å². The van der Waals surface area contributed by atoms with Crippen LogP contribution in [-0.4, -0.2) is 52.4 Å². The van der Waals surface area contributed by atoms with Crippen LogP contribution in [0, 0.1) is 6.92 Å². The van der Waals surface area contributed by atoms with E-state index in [4.69, 9.17) is 4.74 Å². The van der Waals surface area contributed by atoms with Gasteiger partial charge in [-0.25, -0.2) is 9.78 Å². The Kier molecular flexibility index (Phi) is 6.04. The van der Waals surface area contributed by atoms with Crippen molar-refractivity contribution < 1.29 is 19.1 Å². The fraction of sp³-hybridized carbons (Fsp3) is 0.318. The molecule has 1 aliphatic heterocycles.